The van der Waals surface area contributed by atoms with E-state index in [1.807, 2.05) is 0 Å². The van der Waals surface area contributed by atoms with E-state index in [2.05, 4.69) is 0 Å². The van der Waals surface area contributed by atoms with Crippen LogP contribution in [-0.4, -0.2) is 15.8 Å². The minimum absolute atomic E-state index is 0.0202. The summed E-state index contributed by atoms with van der Waals surface area (Å²) < 4.78 is 5.54. The van der Waals surface area contributed by atoms with E-state index in [1.54, 1.807) is 30.3 Å². The van der Waals surface area contributed by atoms with E-state index in [0.29, 0.717) is 0 Å². The van der Waals surface area contributed by atoms with E-state index in [1.165, 1.54) is 18.2 Å². The van der Waals surface area contributed by atoms with Crippen LogP contribution in [0, 0.1) is 10.1 Å². The van der Waals surface area contributed by atoms with Crippen LogP contribution in [0.1, 0.15) is 22.3 Å². The molecule has 106 valence electrons. The maximum absolute atomic E-state index is 12.2. The lowest BCUT2D eigenvalue weighted by atomic mass is 9.91. The Kier molecular flexibility index (Phi) is 2.86. The monoisotopic (exact) mass is 285 g/mol. The molecule has 2 aromatic rings. The smallest absolute Gasteiger partial charge is 0.397 e. The standard InChI is InChI=1S/C15H11NO5/c17-11-6-7-12-13(18)9-15(16(19)20,21-14(12)8-11)10-4-2-1-3-5-10/h1-8,17H,9H2. The van der Waals surface area contributed by atoms with Crippen molar-refractivity contribution in [3.05, 3.63) is 69.8 Å². The SMILES string of the molecule is O=C1CC(c2ccccc2)([N+](=O)[O-])Oc2cc(O)ccc21. The Bertz CT molecular complexity index is 728. The van der Waals surface area contributed by atoms with Crippen LogP contribution >= 0.6 is 0 Å². The van der Waals surface area contributed by atoms with Gasteiger partial charge in [0.25, 0.3) is 0 Å². The number of aromatic hydroxyl groups is 1. The Morgan fingerprint density at radius 2 is 1.90 bits per heavy atom. The number of Topliss-reactive ketones (excluding diaryl/α,β-unsaturated/α-hetero) is 1. The molecule has 1 aliphatic rings. The van der Waals surface area contributed by atoms with Gasteiger partial charge in [0.05, 0.1) is 16.1 Å². The van der Waals surface area contributed by atoms with Crippen molar-refractivity contribution in [1.29, 1.82) is 0 Å². The van der Waals surface area contributed by atoms with E-state index in [0.717, 1.165) is 0 Å². The number of rotatable bonds is 2. The van der Waals surface area contributed by atoms with Crippen LogP contribution in [0.4, 0.5) is 0 Å². The summed E-state index contributed by atoms with van der Waals surface area (Å²) in [6.45, 7) is 0. The third-order valence-corrected chi connectivity index (χ3v) is 3.46. The molecule has 0 bridgehead atoms. The highest BCUT2D eigenvalue weighted by atomic mass is 16.7. The summed E-state index contributed by atoms with van der Waals surface area (Å²) in [5.41, 5.74) is -1.43. The summed E-state index contributed by atoms with van der Waals surface area (Å²) in [4.78, 5) is 23.2. The lowest BCUT2D eigenvalue weighted by molar-refractivity contribution is -0.626. The van der Waals surface area contributed by atoms with Crippen LogP contribution in [0.3, 0.4) is 0 Å². The van der Waals surface area contributed by atoms with Gasteiger partial charge in [-0.3, -0.25) is 14.9 Å². The first-order valence-electron chi connectivity index (χ1n) is 6.28. The second-order valence-corrected chi connectivity index (χ2v) is 4.79. The molecule has 0 spiro atoms. The predicted octanol–water partition coefficient (Wildman–Crippen LogP) is 2.49. The van der Waals surface area contributed by atoms with Gasteiger partial charge in [-0.1, -0.05) is 18.2 Å². The normalized spacial score (nSPS) is 20.5. The molecule has 6 nitrogen and oxygen atoms in total. The summed E-state index contributed by atoms with van der Waals surface area (Å²) >= 11 is 0. The Hall–Kier alpha value is -2.89. The number of ketones is 1. The van der Waals surface area contributed by atoms with Gasteiger partial charge in [-0.2, -0.15) is 0 Å². The quantitative estimate of drug-likeness (QED) is 0.676. The summed E-state index contributed by atoms with van der Waals surface area (Å²) in [5.74, 6) is -0.489. The van der Waals surface area contributed by atoms with Crippen LogP contribution in [0.2, 0.25) is 0 Å². The number of fused-ring (bicyclic) bond motifs is 1. The minimum atomic E-state index is -1.96. The van der Waals surface area contributed by atoms with Crippen LogP contribution in [0.15, 0.2) is 48.5 Å². The molecule has 0 saturated carbocycles. The van der Waals surface area contributed by atoms with Crippen molar-refractivity contribution >= 4 is 5.78 Å². The Balaban J connectivity index is 2.17. The molecule has 1 atom stereocenters. The number of carbonyl (C=O) groups excluding carboxylic acids is 1. The second-order valence-electron chi connectivity index (χ2n) is 4.79. The van der Waals surface area contributed by atoms with Gasteiger partial charge in [-0.15, -0.1) is 0 Å². The molecule has 1 unspecified atom stereocenters. The minimum Gasteiger partial charge on any atom is -0.508 e. The number of hydrogen-bond acceptors (Lipinski definition) is 5. The molecule has 1 aliphatic heterocycles. The molecule has 21 heavy (non-hydrogen) atoms. The maximum atomic E-state index is 12.2. The molecule has 0 aromatic heterocycles. The average Bonchev–Trinajstić information content (AvgIpc) is 2.47. The van der Waals surface area contributed by atoms with Crippen molar-refractivity contribution in [2.75, 3.05) is 0 Å². The molecule has 3 rings (SSSR count). The summed E-state index contributed by atoms with van der Waals surface area (Å²) in [7, 11) is 0. The third-order valence-electron chi connectivity index (χ3n) is 3.46. The third kappa shape index (κ3) is 2.01. The molecule has 2 aromatic carbocycles. The second kappa shape index (κ2) is 4.59. The van der Waals surface area contributed by atoms with Crippen molar-refractivity contribution in [2.45, 2.75) is 12.1 Å². The largest absolute Gasteiger partial charge is 0.508 e. The van der Waals surface area contributed by atoms with Crippen molar-refractivity contribution in [1.82, 2.24) is 0 Å². The zero-order valence-corrected chi connectivity index (χ0v) is 10.9. The summed E-state index contributed by atoms with van der Waals surface area (Å²) in [6.07, 6.45) is -0.387. The zero-order chi connectivity index (χ0) is 15.0. The lowest BCUT2D eigenvalue weighted by Crippen LogP contribution is -2.46. The molecule has 0 saturated heterocycles. The Morgan fingerprint density at radius 3 is 2.57 bits per heavy atom. The first kappa shape index (κ1) is 13.1. The van der Waals surface area contributed by atoms with Gasteiger partial charge in [0.1, 0.15) is 17.9 Å². The predicted molar refractivity (Wildman–Crippen MR) is 72.8 cm³/mol. The van der Waals surface area contributed by atoms with Gasteiger partial charge in [-0.05, 0) is 24.3 Å². The highest BCUT2D eigenvalue weighted by Crippen LogP contribution is 2.41. The molecule has 6 heteroatoms. The van der Waals surface area contributed by atoms with Gasteiger partial charge in [0.2, 0.25) is 0 Å². The molecule has 0 radical (unpaired) electrons. The Labute approximate surface area is 119 Å². The highest BCUT2D eigenvalue weighted by molar-refractivity contribution is 6.00. The van der Waals surface area contributed by atoms with Crippen LogP contribution in [-0.2, 0) is 5.72 Å². The van der Waals surface area contributed by atoms with Gasteiger partial charge >= 0.3 is 5.72 Å². The van der Waals surface area contributed by atoms with Crippen LogP contribution < -0.4 is 4.74 Å². The van der Waals surface area contributed by atoms with E-state index in [4.69, 9.17) is 4.74 Å². The Morgan fingerprint density at radius 1 is 1.19 bits per heavy atom. The fourth-order valence-corrected chi connectivity index (χ4v) is 2.42. The van der Waals surface area contributed by atoms with E-state index in [9.17, 15) is 20.0 Å². The highest BCUT2D eigenvalue weighted by Gasteiger charge is 2.53. The fraction of sp³-hybridized carbons (Fsp3) is 0.133. The zero-order valence-electron chi connectivity index (χ0n) is 10.9. The van der Waals surface area contributed by atoms with Gasteiger partial charge < -0.3 is 9.84 Å². The molecule has 1 N–H and O–H groups in total. The first-order chi connectivity index (χ1) is 10.0. The fourth-order valence-electron chi connectivity index (χ4n) is 2.42. The first-order valence-corrected chi connectivity index (χ1v) is 6.28. The number of phenols is 1. The van der Waals surface area contributed by atoms with Crippen molar-refractivity contribution in [2.24, 2.45) is 0 Å². The maximum Gasteiger partial charge on any atom is 0.397 e. The number of carbonyl (C=O) groups is 1. The number of ether oxygens (including phenoxy) is 1. The average molecular weight is 285 g/mol. The molecular formula is C15H11NO5. The number of nitrogens with zero attached hydrogens (tertiary/aromatic N) is 1. The topological polar surface area (TPSA) is 89.7 Å². The van der Waals surface area contributed by atoms with E-state index in [-0.39, 0.29) is 29.0 Å². The van der Waals surface area contributed by atoms with Gasteiger partial charge in [0, 0.05) is 6.07 Å². The number of hydrogen-bond donors (Lipinski definition) is 1. The summed E-state index contributed by atoms with van der Waals surface area (Å²) in [6, 6.07) is 12.1. The molecule has 0 aliphatic carbocycles. The molecule has 0 fully saturated rings. The number of nitro groups is 1. The summed E-state index contributed by atoms with van der Waals surface area (Å²) in [5, 5.41) is 21.1. The van der Waals surface area contributed by atoms with Crippen LogP contribution in [0.25, 0.3) is 0 Å². The molecule has 0 amide bonds. The van der Waals surface area contributed by atoms with Gasteiger partial charge in [0.15, 0.2) is 5.78 Å². The van der Waals surface area contributed by atoms with Crippen molar-refractivity contribution < 1.29 is 19.6 Å². The molecule has 1 heterocycles. The molecular weight excluding hydrogens is 274 g/mol. The van der Waals surface area contributed by atoms with Crippen molar-refractivity contribution in [3.63, 3.8) is 0 Å². The van der Waals surface area contributed by atoms with Gasteiger partial charge in [-0.25, -0.2) is 0 Å². The van der Waals surface area contributed by atoms with E-state index >= 15 is 0 Å². The number of benzene rings is 2. The lowest BCUT2D eigenvalue weighted by Gasteiger charge is -2.30. The van der Waals surface area contributed by atoms with E-state index < -0.39 is 16.4 Å². The van der Waals surface area contributed by atoms with Crippen molar-refractivity contribution in [3.8, 4) is 11.5 Å². The number of phenolic OH excluding ortho intramolecular Hbond substituents is 1. The van der Waals surface area contributed by atoms with Crippen LogP contribution in [0.5, 0.6) is 11.5 Å².